The molecule has 1 aliphatic heterocycles. The lowest BCUT2D eigenvalue weighted by Gasteiger charge is -2.30. The molecule has 1 aromatic carbocycles. The molecule has 21 heavy (non-hydrogen) atoms. The fourth-order valence-corrected chi connectivity index (χ4v) is 2.44. The predicted octanol–water partition coefficient (Wildman–Crippen LogP) is 0.665. The molecule has 1 N–H and O–H groups in total. The third-order valence-electron chi connectivity index (χ3n) is 3.39. The first-order valence-corrected chi connectivity index (χ1v) is 6.78. The summed E-state index contributed by atoms with van der Waals surface area (Å²) in [4.78, 5) is 48.2. The highest BCUT2D eigenvalue weighted by Gasteiger charge is 2.33. The molecule has 1 saturated heterocycles. The largest absolute Gasteiger partial charge is 0.330 e. The molecule has 1 atom stereocenters. The molecule has 0 bridgehead atoms. The summed E-state index contributed by atoms with van der Waals surface area (Å²) in [5.74, 6) is -1.29. The predicted molar refractivity (Wildman–Crippen MR) is 77.3 cm³/mol. The molecule has 1 fully saturated rings. The number of piperidine rings is 1. The van der Waals surface area contributed by atoms with Crippen LogP contribution < -0.4 is 5.32 Å². The fourth-order valence-electron chi connectivity index (χ4n) is 2.23. The van der Waals surface area contributed by atoms with Crippen LogP contribution in [0.4, 0.5) is 0 Å². The maximum atomic E-state index is 12.4. The smallest absolute Gasteiger partial charge is 0.255 e. The van der Waals surface area contributed by atoms with Gasteiger partial charge in [-0.05, 0) is 24.6 Å². The quantitative estimate of drug-likeness (QED) is 0.488. The number of rotatable bonds is 3. The first-order chi connectivity index (χ1) is 9.93. The molecule has 1 unspecified atom stereocenters. The fraction of sp³-hybridized carbons (Fsp3) is 0.286. The Hall–Kier alpha value is -2.15. The van der Waals surface area contributed by atoms with Crippen LogP contribution in [0.5, 0.6) is 0 Å². The van der Waals surface area contributed by atoms with Crippen LogP contribution in [0.3, 0.4) is 0 Å². The number of hydrogen-bond acceptors (Lipinski definition) is 5. The van der Waals surface area contributed by atoms with Crippen LogP contribution in [0, 0.1) is 0 Å². The van der Waals surface area contributed by atoms with Gasteiger partial charge in [0.25, 0.3) is 5.91 Å². The van der Waals surface area contributed by atoms with Gasteiger partial charge in [-0.2, -0.15) is 0 Å². The number of thiol groups is 1. The summed E-state index contributed by atoms with van der Waals surface area (Å²) < 4.78 is 0. The summed E-state index contributed by atoms with van der Waals surface area (Å²) >= 11 is 4.12. The van der Waals surface area contributed by atoms with Gasteiger partial charge in [0.2, 0.25) is 11.8 Å². The van der Waals surface area contributed by atoms with E-state index in [4.69, 9.17) is 0 Å². The van der Waals surface area contributed by atoms with Crippen LogP contribution in [-0.2, 0) is 9.59 Å². The Kier molecular flexibility index (Phi) is 4.42. The van der Waals surface area contributed by atoms with Crippen LogP contribution in [0.1, 0.15) is 33.6 Å². The molecular formula is C14H14N2O4S. The Morgan fingerprint density at radius 2 is 2.14 bits per heavy atom. The lowest BCUT2D eigenvalue weighted by atomic mass is 10.0. The maximum absolute atomic E-state index is 12.4. The van der Waals surface area contributed by atoms with Crippen molar-refractivity contribution in [1.29, 1.82) is 0 Å². The van der Waals surface area contributed by atoms with Crippen molar-refractivity contribution in [2.24, 2.45) is 0 Å². The number of amides is 3. The Morgan fingerprint density at radius 1 is 1.43 bits per heavy atom. The monoisotopic (exact) mass is 306 g/mol. The lowest BCUT2D eigenvalue weighted by Crippen LogP contribution is -2.53. The number of imide groups is 1. The van der Waals surface area contributed by atoms with E-state index in [-0.39, 0.29) is 29.9 Å². The number of aldehydes is 1. The molecular weight excluding hydrogens is 292 g/mol. The average molecular weight is 306 g/mol. The minimum atomic E-state index is -0.717. The summed E-state index contributed by atoms with van der Waals surface area (Å²) in [6, 6.07) is 3.87. The van der Waals surface area contributed by atoms with E-state index < -0.39 is 17.9 Å². The molecule has 2 rings (SSSR count). The van der Waals surface area contributed by atoms with Gasteiger partial charge in [-0.25, -0.2) is 0 Å². The van der Waals surface area contributed by atoms with Crippen LogP contribution in [-0.4, -0.2) is 42.0 Å². The number of benzene rings is 1. The van der Waals surface area contributed by atoms with Crippen LogP contribution >= 0.6 is 12.6 Å². The van der Waals surface area contributed by atoms with Gasteiger partial charge in [-0.1, -0.05) is 0 Å². The Bertz CT molecular complexity index is 629. The molecule has 7 heteroatoms. The van der Waals surface area contributed by atoms with Gasteiger partial charge in [0.1, 0.15) is 6.04 Å². The van der Waals surface area contributed by atoms with E-state index in [0.29, 0.717) is 11.2 Å². The van der Waals surface area contributed by atoms with E-state index >= 15 is 0 Å². The van der Waals surface area contributed by atoms with Crippen LogP contribution in [0.2, 0.25) is 0 Å². The van der Waals surface area contributed by atoms with Crippen molar-refractivity contribution < 1.29 is 19.2 Å². The van der Waals surface area contributed by atoms with Gasteiger partial charge in [0.05, 0.1) is 5.56 Å². The zero-order chi connectivity index (χ0) is 15.6. The summed E-state index contributed by atoms with van der Waals surface area (Å²) in [6.07, 6.45) is 1.03. The van der Waals surface area contributed by atoms with Gasteiger partial charge < -0.3 is 4.90 Å². The van der Waals surface area contributed by atoms with Gasteiger partial charge in [-0.3, -0.25) is 24.5 Å². The summed E-state index contributed by atoms with van der Waals surface area (Å²) in [5, 5.41) is 2.20. The normalized spacial score (nSPS) is 18.1. The molecule has 0 aromatic heterocycles. The number of nitrogens with one attached hydrogen (secondary N) is 1. The molecule has 1 aliphatic rings. The first kappa shape index (κ1) is 15.2. The highest BCUT2D eigenvalue weighted by Crippen LogP contribution is 2.18. The van der Waals surface area contributed by atoms with E-state index in [2.05, 4.69) is 17.9 Å². The second-order valence-corrected chi connectivity index (χ2v) is 5.29. The number of nitrogens with zero attached hydrogens (tertiary/aromatic N) is 1. The highest BCUT2D eigenvalue weighted by molar-refractivity contribution is 7.80. The number of likely N-dealkylation sites (N-methyl/N-ethyl adjacent to an activating group) is 1. The SMILES string of the molecule is CN(C(=O)c1ccc(S)cc1C=O)C1CCC(=O)NC1=O. The molecule has 0 spiro atoms. The Morgan fingerprint density at radius 3 is 2.76 bits per heavy atom. The number of carbonyl (C=O) groups excluding carboxylic acids is 4. The minimum Gasteiger partial charge on any atom is -0.330 e. The van der Waals surface area contributed by atoms with Crippen LogP contribution in [0.15, 0.2) is 23.1 Å². The summed E-state index contributed by atoms with van der Waals surface area (Å²) in [5.41, 5.74) is 0.418. The first-order valence-electron chi connectivity index (χ1n) is 6.33. The van der Waals surface area contributed by atoms with E-state index in [1.165, 1.54) is 24.1 Å². The molecule has 3 amide bonds. The van der Waals surface area contributed by atoms with E-state index in [9.17, 15) is 19.2 Å². The Balaban J connectivity index is 2.25. The summed E-state index contributed by atoms with van der Waals surface area (Å²) in [6.45, 7) is 0. The Labute approximate surface area is 126 Å². The molecule has 0 saturated carbocycles. The van der Waals surface area contributed by atoms with Crippen LogP contribution in [0.25, 0.3) is 0 Å². The van der Waals surface area contributed by atoms with E-state index in [1.54, 1.807) is 6.07 Å². The third-order valence-corrected chi connectivity index (χ3v) is 3.67. The second kappa shape index (κ2) is 6.09. The summed E-state index contributed by atoms with van der Waals surface area (Å²) in [7, 11) is 1.48. The second-order valence-electron chi connectivity index (χ2n) is 4.77. The minimum absolute atomic E-state index is 0.185. The van der Waals surface area contributed by atoms with E-state index in [1.807, 2.05) is 0 Å². The number of carbonyl (C=O) groups is 4. The van der Waals surface area contributed by atoms with Gasteiger partial charge in [0.15, 0.2) is 6.29 Å². The maximum Gasteiger partial charge on any atom is 0.255 e. The molecule has 0 radical (unpaired) electrons. The average Bonchev–Trinajstić information content (AvgIpc) is 2.45. The molecule has 110 valence electrons. The van der Waals surface area contributed by atoms with Gasteiger partial charge in [0, 0.05) is 23.9 Å². The van der Waals surface area contributed by atoms with Crippen molar-refractivity contribution >= 4 is 36.6 Å². The van der Waals surface area contributed by atoms with Crippen molar-refractivity contribution in [3.8, 4) is 0 Å². The van der Waals surface area contributed by atoms with Crippen molar-refractivity contribution in [2.75, 3.05) is 7.05 Å². The third kappa shape index (κ3) is 3.13. The zero-order valence-corrected chi connectivity index (χ0v) is 12.2. The lowest BCUT2D eigenvalue weighted by molar-refractivity contribution is -0.136. The zero-order valence-electron chi connectivity index (χ0n) is 11.3. The van der Waals surface area contributed by atoms with E-state index in [0.717, 1.165) is 0 Å². The molecule has 1 heterocycles. The standard InChI is InChI=1S/C14H14N2O4S/c1-16(11-4-5-12(18)15-13(11)19)14(20)10-3-2-9(21)6-8(10)7-17/h2-3,6-7,11,21H,4-5H2,1H3,(H,15,18,19). The topological polar surface area (TPSA) is 83.6 Å². The van der Waals surface area contributed by atoms with Crippen molar-refractivity contribution in [3.05, 3.63) is 29.3 Å². The van der Waals surface area contributed by atoms with Crippen molar-refractivity contribution in [3.63, 3.8) is 0 Å². The van der Waals surface area contributed by atoms with Crippen molar-refractivity contribution in [1.82, 2.24) is 10.2 Å². The number of hydrogen-bond donors (Lipinski definition) is 2. The molecule has 1 aromatic rings. The van der Waals surface area contributed by atoms with Gasteiger partial charge >= 0.3 is 0 Å². The highest BCUT2D eigenvalue weighted by atomic mass is 32.1. The van der Waals surface area contributed by atoms with Gasteiger partial charge in [-0.15, -0.1) is 12.6 Å². The molecule has 0 aliphatic carbocycles. The van der Waals surface area contributed by atoms with Crippen molar-refractivity contribution in [2.45, 2.75) is 23.8 Å². The molecule has 6 nitrogen and oxygen atoms in total.